The molecule has 1 rings (SSSR count). The largest absolute Gasteiger partial charge is 0.261 e. The number of hydrazone groups is 1. The van der Waals surface area contributed by atoms with Gasteiger partial charge in [0.05, 0.1) is 0 Å². The highest BCUT2D eigenvalue weighted by Gasteiger charge is 2.22. The van der Waals surface area contributed by atoms with E-state index in [1.54, 1.807) is 26.8 Å². The van der Waals surface area contributed by atoms with Crippen molar-refractivity contribution in [3.05, 3.63) is 18.3 Å². The lowest BCUT2D eigenvalue weighted by atomic mass is 10.1. The molecule has 0 aliphatic heterocycles. The summed E-state index contributed by atoms with van der Waals surface area (Å²) in [6.07, 6.45) is 2.15. The van der Waals surface area contributed by atoms with Crippen LogP contribution in [0.4, 0.5) is 5.82 Å². The molecule has 0 aliphatic rings. The fourth-order valence-electron chi connectivity index (χ4n) is 1.30. The summed E-state index contributed by atoms with van der Waals surface area (Å²) in [6, 6.07) is 3.09. The zero-order chi connectivity index (χ0) is 15.4. The first-order chi connectivity index (χ1) is 9.14. The molecule has 0 spiro atoms. The fourth-order valence-corrected chi connectivity index (χ4v) is 2.66. The van der Waals surface area contributed by atoms with E-state index in [0.717, 1.165) is 12.1 Å². The van der Waals surface area contributed by atoms with E-state index in [1.165, 1.54) is 12.3 Å². The number of nitrogens with zero attached hydrogens (tertiary/aromatic N) is 2. The molecule has 0 saturated heterocycles. The van der Waals surface area contributed by atoms with Gasteiger partial charge in [-0.05, 0) is 46.2 Å². The van der Waals surface area contributed by atoms with Crippen molar-refractivity contribution < 1.29 is 8.42 Å². The molecular weight excluding hydrogens is 276 g/mol. The van der Waals surface area contributed by atoms with Gasteiger partial charge in [0.2, 0.25) is 10.0 Å². The monoisotopic (exact) mass is 298 g/mol. The molecule has 0 atom stereocenters. The first-order valence-corrected chi connectivity index (χ1v) is 7.91. The third-order valence-electron chi connectivity index (χ3n) is 2.36. The zero-order valence-corrected chi connectivity index (χ0v) is 13.4. The smallest absolute Gasteiger partial charge is 0.242 e. The van der Waals surface area contributed by atoms with Crippen LogP contribution in [0.15, 0.2) is 28.3 Å². The van der Waals surface area contributed by atoms with Crippen LogP contribution in [0.2, 0.25) is 0 Å². The molecule has 2 N–H and O–H groups in total. The summed E-state index contributed by atoms with van der Waals surface area (Å²) < 4.78 is 26.7. The van der Waals surface area contributed by atoms with Gasteiger partial charge in [-0.3, -0.25) is 5.43 Å². The number of anilines is 1. The molecule has 20 heavy (non-hydrogen) atoms. The zero-order valence-electron chi connectivity index (χ0n) is 12.6. The third kappa shape index (κ3) is 5.26. The van der Waals surface area contributed by atoms with Crippen LogP contribution in [0.25, 0.3) is 0 Å². The second kappa shape index (κ2) is 6.32. The van der Waals surface area contributed by atoms with E-state index >= 15 is 0 Å². The van der Waals surface area contributed by atoms with Gasteiger partial charge in [-0.1, -0.05) is 6.92 Å². The average Bonchev–Trinajstić information content (AvgIpc) is 2.33. The summed E-state index contributed by atoms with van der Waals surface area (Å²) in [7, 11) is -3.55. The van der Waals surface area contributed by atoms with E-state index in [9.17, 15) is 8.42 Å². The molecule has 0 fully saturated rings. The maximum Gasteiger partial charge on any atom is 0.242 e. The highest BCUT2D eigenvalue weighted by molar-refractivity contribution is 7.89. The summed E-state index contributed by atoms with van der Waals surface area (Å²) in [5.41, 5.74) is 3.20. The van der Waals surface area contributed by atoms with E-state index in [-0.39, 0.29) is 4.90 Å². The van der Waals surface area contributed by atoms with E-state index < -0.39 is 15.6 Å². The molecule has 112 valence electrons. The van der Waals surface area contributed by atoms with Crippen molar-refractivity contribution in [3.63, 3.8) is 0 Å². The third-order valence-corrected chi connectivity index (χ3v) is 4.10. The standard InChI is InChI=1S/C13H22N4O2S/c1-6-10(2)15-16-12-8-7-11(9-14-12)20(18,19)17-13(3,4)5/h7-9,17H,6H2,1-5H3,(H,14,16). The van der Waals surface area contributed by atoms with Crippen molar-refractivity contribution >= 4 is 21.6 Å². The van der Waals surface area contributed by atoms with E-state index in [1.807, 2.05) is 13.8 Å². The normalized spacial score (nSPS) is 13.3. The lowest BCUT2D eigenvalue weighted by molar-refractivity contribution is 0.491. The predicted molar refractivity (Wildman–Crippen MR) is 81.3 cm³/mol. The highest BCUT2D eigenvalue weighted by atomic mass is 32.2. The van der Waals surface area contributed by atoms with Crippen LogP contribution >= 0.6 is 0 Å². The molecule has 7 heteroatoms. The SMILES string of the molecule is CCC(C)=NNc1ccc(S(=O)(=O)NC(C)(C)C)cn1. The minimum atomic E-state index is -3.55. The first-order valence-electron chi connectivity index (χ1n) is 6.43. The second-order valence-corrected chi connectivity index (χ2v) is 7.23. The summed E-state index contributed by atoms with van der Waals surface area (Å²) in [5, 5.41) is 4.10. The van der Waals surface area contributed by atoms with Crippen LogP contribution in [0.1, 0.15) is 41.0 Å². The molecule has 0 bridgehead atoms. The lowest BCUT2D eigenvalue weighted by Crippen LogP contribution is -2.40. The number of pyridine rings is 1. The van der Waals surface area contributed by atoms with Crippen molar-refractivity contribution in [2.24, 2.45) is 5.10 Å². The van der Waals surface area contributed by atoms with Crippen molar-refractivity contribution in [1.29, 1.82) is 0 Å². The minimum absolute atomic E-state index is 0.133. The summed E-state index contributed by atoms with van der Waals surface area (Å²) in [6.45, 7) is 9.27. The Labute approximate surface area is 120 Å². The van der Waals surface area contributed by atoms with Gasteiger partial charge in [0.25, 0.3) is 0 Å². The van der Waals surface area contributed by atoms with Gasteiger partial charge < -0.3 is 0 Å². The molecule has 1 heterocycles. The minimum Gasteiger partial charge on any atom is -0.261 e. The van der Waals surface area contributed by atoms with Crippen LogP contribution in [-0.4, -0.2) is 24.7 Å². The van der Waals surface area contributed by atoms with Crippen LogP contribution in [0.5, 0.6) is 0 Å². The maximum absolute atomic E-state index is 12.1. The molecule has 0 aromatic carbocycles. The second-order valence-electron chi connectivity index (χ2n) is 5.55. The average molecular weight is 298 g/mol. The molecule has 1 aromatic heterocycles. The molecule has 0 aliphatic carbocycles. The van der Waals surface area contributed by atoms with Crippen molar-refractivity contribution in [1.82, 2.24) is 9.71 Å². The molecule has 0 radical (unpaired) electrons. The summed E-state index contributed by atoms with van der Waals surface area (Å²) >= 11 is 0. The molecule has 0 unspecified atom stereocenters. The van der Waals surface area contributed by atoms with Gasteiger partial charge in [0, 0.05) is 17.4 Å². The number of aromatic nitrogens is 1. The van der Waals surface area contributed by atoms with E-state index in [0.29, 0.717) is 5.82 Å². The van der Waals surface area contributed by atoms with Crippen LogP contribution in [0.3, 0.4) is 0 Å². The topological polar surface area (TPSA) is 83.5 Å². The Kier molecular flexibility index (Phi) is 5.24. The molecule has 0 saturated carbocycles. The summed E-state index contributed by atoms with van der Waals surface area (Å²) in [5.74, 6) is 0.507. The first kappa shape index (κ1) is 16.6. The Hall–Kier alpha value is -1.47. The number of nitrogens with one attached hydrogen (secondary N) is 2. The Morgan fingerprint density at radius 2 is 2.00 bits per heavy atom. The highest BCUT2D eigenvalue weighted by Crippen LogP contribution is 2.13. The number of rotatable bonds is 5. The van der Waals surface area contributed by atoms with Gasteiger partial charge in [0.15, 0.2) is 0 Å². The Bertz CT molecular complexity index is 571. The molecule has 6 nitrogen and oxygen atoms in total. The van der Waals surface area contributed by atoms with E-state index in [2.05, 4.69) is 20.2 Å². The van der Waals surface area contributed by atoms with Crippen LogP contribution in [-0.2, 0) is 10.0 Å². The lowest BCUT2D eigenvalue weighted by Gasteiger charge is -2.20. The van der Waals surface area contributed by atoms with Gasteiger partial charge in [-0.25, -0.2) is 18.1 Å². The Morgan fingerprint density at radius 1 is 1.35 bits per heavy atom. The van der Waals surface area contributed by atoms with Gasteiger partial charge in [-0.15, -0.1) is 0 Å². The van der Waals surface area contributed by atoms with Crippen molar-refractivity contribution in [3.8, 4) is 0 Å². The number of sulfonamides is 1. The predicted octanol–water partition coefficient (Wildman–Crippen LogP) is 2.36. The van der Waals surface area contributed by atoms with Gasteiger partial charge in [0.1, 0.15) is 10.7 Å². The van der Waals surface area contributed by atoms with Crippen LogP contribution in [0, 0.1) is 0 Å². The van der Waals surface area contributed by atoms with Crippen molar-refractivity contribution in [2.45, 2.75) is 51.5 Å². The number of hydrogen-bond acceptors (Lipinski definition) is 5. The Balaban J connectivity index is 2.86. The van der Waals surface area contributed by atoms with Gasteiger partial charge >= 0.3 is 0 Å². The van der Waals surface area contributed by atoms with Crippen molar-refractivity contribution in [2.75, 3.05) is 5.43 Å². The van der Waals surface area contributed by atoms with E-state index in [4.69, 9.17) is 0 Å². The maximum atomic E-state index is 12.1. The van der Waals surface area contributed by atoms with Crippen LogP contribution < -0.4 is 10.1 Å². The molecular formula is C13H22N4O2S. The number of hydrogen-bond donors (Lipinski definition) is 2. The molecule has 0 amide bonds. The Morgan fingerprint density at radius 3 is 2.45 bits per heavy atom. The fraction of sp³-hybridized carbons (Fsp3) is 0.538. The summed E-state index contributed by atoms with van der Waals surface area (Å²) in [4.78, 5) is 4.18. The quantitative estimate of drug-likeness (QED) is 0.645. The molecule has 1 aromatic rings. The van der Waals surface area contributed by atoms with Gasteiger partial charge in [-0.2, -0.15) is 5.10 Å².